The van der Waals surface area contributed by atoms with Gasteiger partial charge in [-0.15, -0.1) is 0 Å². The lowest BCUT2D eigenvalue weighted by atomic mass is 10.2. The van der Waals surface area contributed by atoms with Gasteiger partial charge in [-0.25, -0.2) is 13.6 Å². The molecule has 3 unspecified atom stereocenters. The summed E-state index contributed by atoms with van der Waals surface area (Å²) in [5, 5.41) is 0. The molecule has 0 amide bonds. The van der Waals surface area contributed by atoms with Crippen LogP contribution in [0.2, 0.25) is 0 Å². The largest absolute Gasteiger partial charge is 0.426 e. The van der Waals surface area contributed by atoms with E-state index >= 15 is 0 Å². The number of rotatable bonds is 4. The van der Waals surface area contributed by atoms with Crippen LogP contribution in [0.4, 0.5) is 13.2 Å². The second-order valence-electron chi connectivity index (χ2n) is 6.18. The van der Waals surface area contributed by atoms with Crippen molar-refractivity contribution >= 4 is 8.60 Å². The first-order valence-electron chi connectivity index (χ1n) is 8.19. The van der Waals surface area contributed by atoms with E-state index in [4.69, 9.17) is 18.3 Å². The Labute approximate surface area is 156 Å². The molecule has 3 atom stereocenters. The van der Waals surface area contributed by atoms with E-state index < -0.39 is 57.0 Å². The van der Waals surface area contributed by atoms with E-state index in [0.29, 0.717) is 16.5 Å². The molecule has 28 heavy (non-hydrogen) atoms. The highest BCUT2D eigenvalue weighted by Gasteiger charge is 2.51. The first-order valence-corrected chi connectivity index (χ1v) is 9.29. The molecule has 1 N–H and O–H groups in total. The van der Waals surface area contributed by atoms with Gasteiger partial charge in [0, 0.05) is 5.56 Å². The molecule has 1 saturated heterocycles. The molecule has 0 radical (unpaired) electrons. The number of nitrogens with zero attached hydrogens (tertiary/aromatic N) is 1. The fourth-order valence-corrected chi connectivity index (χ4v) is 3.85. The fraction of sp³-hybridized carbons (Fsp3) is 0.375. The molecule has 2 aromatic rings. The van der Waals surface area contributed by atoms with Gasteiger partial charge in [0.15, 0.2) is 0 Å². The minimum absolute atomic E-state index is 0.221. The number of ether oxygens (including phenoxy) is 1. The molecular formula is C16H14F3N2O6P. The summed E-state index contributed by atoms with van der Waals surface area (Å²) in [6.45, 7) is -0.337. The van der Waals surface area contributed by atoms with Crippen molar-refractivity contribution in [1.82, 2.24) is 9.55 Å². The van der Waals surface area contributed by atoms with E-state index in [1.165, 1.54) is 0 Å². The maximum atomic E-state index is 14.3. The molecule has 0 aliphatic carbocycles. The number of halogens is 3. The van der Waals surface area contributed by atoms with Crippen LogP contribution in [0.1, 0.15) is 18.2 Å². The number of alkyl halides is 2. The van der Waals surface area contributed by atoms with Crippen molar-refractivity contribution in [3.63, 3.8) is 0 Å². The topological polar surface area (TPSA) is 91.8 Å². The lowest BCUT2D eigenvalue weighted by Crippen LogP contribution is -2.34. The van der Waals surface area contributed by atoms with Gasteiger partial charge in [-0.3, -0.25) is 23.4 Å². The summed E-state index contributed by atoms with van der Waals surface area (Å²) >= 11 is 0. The zero-order valence-electron chi connectivity index (χ0n) is 14.1. The van der Waals surface area contributed by atoms with Gasteiger partial charge in [-0.1, -0.05) is 18.2 Å². The quantitative estimate of drug-likeness (QED) is 0.768. The van der Waals surface area contributed by atoms with Gasteiger partial charge in [0.05, 0.1) is 25.8 Å². The van der Waals surface area contributed by atoms with Crippen LogP contribution in [0.25, 0.3) is 0 Å². The Morgan fingerprint density at radius 2 is 2.11 bits per heavy atom. The number of benzene rings is 1. The van der Waals surface area contributed by atoms with E-state index in [0.717, 1.165) is 5.56 Å². The first kappa shape index (κ1) is 19.1. The molecule has 2 aliphatic heterocycles. The van der Waals surface area contributed by atoms with Crippen LogP contribution in [0.5, 0.6) is 5.75 Å². The van der Waals surface area contributed by atoms with Crippen LogP contribution in [0, 0.1) is 5.82 Å². The molecule has 0 saturated carbocycles. The molecule has 4 rings (SSSR count). The molecule has 0 bridgehead atoms. The highest BCUT2D eigenvalue weighted by molar-refractivity contribution is 7.42. The van der Waals surface area contributed by atoms with Crippen molar-refractivity contribution in [2.24, 2.45) is 0 Å². The normalized spacial score (nSPS) is 25.9. The number of fused-ring (bicyclic) bond motifs is 1. The van der Waals surface area contributed by atoms with Crippen LogP contribution in [0.3, 0.4) is 0 Å². The van der Waals surface area contributed by atoms with Crippen LogP contribution >= 0.6 is 8.60 Å². The third-order valence-corrected chi connectivity index (χ3v) is 5.32. The van der Waals surface area contributed by atoms with Gasteiger partial charge < -0.3 is 9.26 Å². The standard InChI is InChI=1S/C16H14F3N2O6P/c17-10-6-21(15(23)20-14(10)22)13-5-16(18,19)12(26-13)8-25-28-24-7-9-3-1-2-4-11(9)27-28/h1-4,6,12-13H,5,7-8H2,(H,20,22,23). The Morgan fingerprint density at radius 3 is 2.93 bits per heavy atom. The average Bonchev–Trinajstić information content (AvgIpc) is 2.97. The Morgan fingerprint density at radius 1 is 1.32 bits per heavy atom. The molecule has 1 aromatic heterocycles. The Kier molecular flexibility index (Phi) is 5.00. The predicted molar refractivity (Wildman–Crippen MR) is 89.5 cm³/mol. The van der Waals surface area contributed by atoms with E-state index in [9.17, 15) is 22.8 Å². The Bertz CT molecular complexity index is 997. The minimum Gasteiger partial charge on any atom is -0.426 e. The maximum absolute atomic E-state index is 14.3. The van der Waals surface area contributed by atoms with E-state index in [1.54, 1.807) is 17.1 Å². The second kappa shape index (κ2) is 7.32. The van der Waals surface area contributed by atoms with Crippen molar-refractivity contribution in [2.45, 2.75) is 31.3 Å². The van der Waals surface area contributed by atoms with Crippen LogP contribution in [-0.4, -0.2) is 28.2 Å². The van der Waals surface area contributed by atoms with Gasteiger partial charge in [0.25, 0.3) is 11.5 Å². The summed E-state index contributed by atoms with van der Waals surface area (Å²) in [4.78, 5) is 24.6. The van der Waals surface area contributed by atoms with Gasteiger partial charge >= 0.3 is 14.3 Å². The molecule has 1 aromatic carbocycles. The number of hydrogen-bond donors (Lipinski definition) is 1. The van der Waals surface area contributed by atoms with Crippen LogP contribution in [-0.2, 0) is 20.4 Å². The molecule has 12 heteroatoms. The van der Waals surface area contributed by atoms with Gasteiger partial charge in [-0.2, -0.15) is 4.39 Å². The SMILES string of the molecule is O=c1[nH]c(=O)n(C2CC(F)(F)C(COP3OCc4ccccc4O3)O2)cc1F. The molecule has 2 aliphatic rings. The second-order valence-corrected chi connectivity index (χ2v) is 7.33. The fourth-order valence-electron chi connectivity index (χ4n) is 2.83. The number of aromatic amines is 1. The zero-order valence-corrected chi connectivity index (χ0v) is 15.0. The van der Waals surface area contributed by atoms with Crippen LogP contribution < -0.4 is 15.8 Å². The lowest BCUT2D eigenvalue weighted by Gasteiger charge is -2.25. The highest BCUT2D eigenvalue weighted by Crippen LogP contribution is 2.48. The number of hydrogen-bond acceptors (Lipinski definition) is 6. The number of nitrogens with one attached hydrogen (secondary N) is 1. The van der Waals surface area contributed by atoms with Gasteiger partial charge in [0.2, 0.25) is 5.82 Å². The van der Waals surface area contributed by atoms with Gasteiger partial charge in [-0.05, 0) is 6.07 Å². The monoisotopic (exact) mass is 418 g/mol. The minimum atomic E-state index is -3.35. The van der Waals surface area contributed by atoms with E-state index in [1.807, 2.05) is 12.1 Å². The zero-order chi connectivity index (χ0) is 19.9. The third kappa shape index (κ3) is 3.70. The van der Waals surface area contributed by atoms with Crippen molar-refractivity contribution in [1.29, 1.82) is 0 Å². The van der Waals surface area contributed by atoms with Crippen LogP contribution in [0.15, 0.2) is 40.1 Å². The maximum Gasteiger partial charge on any atom is 0.397 e. The molecule has 1 fully saturated rings. The molecule has 150 valence electrons. The summed E-state index contributed by atoms with van der Waals surface area (Å²) in [7, 11) is -1.89. The number of para-hydroxylation sites is 1. The summed E-state index contributed by atoms with van der Waals surface area (Å²) < 4.78 is 63.9. The lowest BCUT2D eigenvalue weighted by molar-refractivity contribution is -0.0995. The van der Waals surface area contributed by atoms with Crippen molar-refractivity contribution in [2.75, 3.05) is 6.61 Å². The number of aromatic nitrogens is 2. The average molecular weight is 418 g/mol. The van der Waals surface area contributed by atoms with E-state index in [2.05, 4.69) is 0 Å². The first-order chi connectivity index (χ1) is 13.3. The smallest absolute Gasteiger partial charge is 0.397 e. The molecule has 8 nitrogen and oxygen atoms in total. The van der Waals surface area contributed by atoms with Crippen molar-refractivity contribution in [3.05, 3.63) is 62.7 Å². The summed E-state index contributed by atoms with van der Waals surface area (Å²) in [5.41, 5.74) is -1.47. The van der Waals surface area contributed by atoms with Gasteiger partial charge in [0.1, 0.15) is 18.1 Å². The van der Waals surface area contributed by atoms with Crippen molar-refractivity contribution < 1.29 is 31.5 Å². The highest BCUT2D eigenvalue weighted by atomic mass is 31.2. The summed E-state index contributed by atoms with van der Waals surface area (Å²) in [6.07, 6.45) is -3.50. The predicted octanol–water partition coefficient (Wildman–Crippen LogP) is 2.45. The third-order valence-electron chi connectivity index (χ3n) is 4.28. The number of H-pyrrole nitrogens is 1. The summed E-state index contributed by atoms with van der Waals surface area (Å²) in [6, 6.07) is 7.10. The van der Waals surface area contributed by atoms with Crippen molar-refractivity contribution in [3.8, 4) is 5.75 Å². The van der Waals surface area contributed by atoms with E-state index in [-0.39, 0.29) is 6.61 Å². The Hall–Kier alpha value is -2.20. The molecule has 3 heterocycles. The molecular weight excluding hydrogens is 404 g/mol. The Balaban J connectivity index is 1.43. The summed E-state index contributed by atoms with van der Waals surface area (Å²) in [5.74, 6) is -4.08. The molecule has 0 spiro atoms.